The summed E-state index contributed by atoms with van der Waals surface area (Å²) in [4.78, 5) is 6.14. The zero-order valence-corrected chi connectivity index (χ0v) is 6.10. The molecular formula is C6H8F3N3. The van der Waals surface area contributed by atoms with Crippen LogP contribution in [-0.4, -0.2) is 16.1 Å². The van der Waals surface area contributed by atoms with E-state index in [1.807, 2.05) is 0 Å². The molecule has 3 nitrogen and oxygen atoms in total. The van der Waals surface area contributed by atoms with E-state index >= 15 is 0 Å². The second-order valence-electron chi connectivity index (χ2n) is 2.40. The van der Waals surface area contributed by atoms with Gasteiger partial charge in [0.2, 0.25) is 0 Å². The normalized spacial score (nSPS) is 14.7. The Morgan fingerprint density at radius 3 is 2.67 bits per heavy atom. The van der Waals surface area contributed by atoms with Crippen LogP contribution in [0.4, 0.5) is 13.2 Å². The first-order chi connectivity index (χ1) is 5.49. The van der Waals surface area contributed by atoms with Crippen LogP contribution in [0.3, 0.4) is 0 Å². The van der Waals surface area contributed by atoms with Crippen LogP contribution in [0.2, 0.25) is 0 Å². The number of halogens is 3. The Morgan fingerprint density at radius 2 is 2.25 bits per heavy atom. The molecule has 1 rings (SSSR count). The maximum atomic E-state index is 11.8. The second kappa shape index (κ2) is 3.14. The highest BCUT2D eigenvalue weighted by molar-refractivity contribution is 4.94. The zero-order valence-electron chi connectivity index (χ0n) is 6.10. The Morgan fingerprint density at radius 1 is 1.58 bits per heavy atom. The SMILES string of the molecule is NC(CC(F)(F)F)c1ncc[nH]1. The van der Waals surface area contributed by atoms with Crippen molar-refractivity contribution in [2.24, 2.45) is 5.73 Å². The fraction of sp³-hybridized carbons (Fsp3) is 0.500. The lowest BCUT2D eigenvalue weighted by Crippen LogP contribution is -2.21. The summed E-state index contributed by atoms with van der Waals surface area (Å²) in [5.74, 6) is 0.160. The van der Waals surface area contributed by atoms with Crippen molar-refractivity contribution in [3.63, 3.8) is 0 Å². The van der Waals surface area contributed by atoms with Crippen LogP contribution < -0.4 is 5.73 Å². The minimum Gasteiger partial charge on any atom is -0.347 e. The highest BCUT2D eigenvalue weighted by Gasteiger charge is 2.31. The first-order valence-corrected chi connectivity index (χ1v) is 3.30. The molecule has 1 heterocycles. The van der Waals surface area contributed by atoms with Gasteiger partial charge in [0, 0.05) is 12.4 Å². The van der Waals surface area contributed by atoms with E-state index in [0.717, 1.165) is 0 Å². The molecule has 0 aliphatic rings. The molecule has 6 heteroatoms. The van der Waals surface area contributed by atoms with Gasteiger partial charge in [0.1, 0.15) is 5.82 Å². The molecule has 0 fully saturated rings. The zero-order chi connectivity index (χ0) is 9.19. The van der Waals surface area contributed by atoms with Crippen LogP contribution in [-0.2, 0) is 0 Å². The fourth-order valence-electron chi connectivity index (χ4n) is 0.826. The lowest BCUT2D eigenvalue weighted by Gasteiger charge is -2.10. The summed E-state index contributed by atoms with van der Waals surface area (Å²) in [7, 11) is 0. The molecule has 0 amide bonds. The number of imidazole rings is 1. The lowest BCUT2D eigenvalue weighted by atomic mass is 10.2. The van der Waals surface area contributed by atoms with Gasteiger partial charge in [0.25, 0.3) is 0 Å². The average Bonchev–Trinajstić information content (AvgIpc) is 2.32. The number of aromatic nitrogens is 2. The third-order valence-electron chi connectivity index (χ3n) is 1.32. The van der Waals surface area contributed by atoms with E-state index in [4.69, 9.17) is 5.73 Å². The molecule has 68 valence electrons. The molecule has 0 radical (unpaired) electrons. The van der Waals surface area contributed by atoms with E-state index in [2.05, 4.69) is 9.97 Å². The highest BCUT2D eigenvalue weighted by Crippen LogP contribution is 2.25. The summed E-state index contributed by atoms with van der Waals surface area (Å²) in [5, 5.41) is 0. The van der Waals surface area contributed by atoms with Crippen molar-refractivity contribution in [1.82, 2.24) is 9.97 Å². The number of aromatic amines is 1. The summed E-state index contributed by atoms with van der Waals surface area (Å²) < 4.78 is 35.3. The number of alkyl halides is 3. The maximum Gasteiger partial charge on any atom is 0.391 e. The number of hydrogen-bond donors (Lipinski definition) is 2. The van der Waals surface area contributed by atoms with Gasteiger partial charge in [-0.3, -0.25) is 0 Å². The van der Waals surface area contributed by atoms with Gasteiger partial charge in [0.15, 0.2) is 0 Å². The van der Waals surface area contributed by atoms with Crippen molar-refractivity contribution in [3.05, 3.63) is 18.2 Å². The van der Waals surface area contributed by atoms with E-state index in [-0.39, 0.29) is 5.82 Å². The molecule has 1 aromatic heterocycles. The number of nitrogens with two attached hydrogens (primary N) is 1. The topological polar surface area (TPSA) is 54.7 Å². The van der Waals surface area contributed by atoms with Gasteiger partial charge in [-0.2, -0.15) is 13.2 Å². The molecule has 0 aromatic carbocycles. The van der Waals surface area contributed by atoms with Crippen LogP contribution in [0.25, 0.3) is 0 Å². The molecule has 0 bridgehead atoms. The van der Waals surface area contributed by atoms with Crippen molar-refractivity contribution in [2.45, 2.75) is 18.6 Å². The molecule has 0 saturated carbocycles. The summed E-state index contributed by atoms with van der Waals surface area (Å²) in [6.07, 6.45) is -2.50. The summed E-state index contributed by atoms with van der Waals surface area (Å²) in [5.41, 5.74) is 5.21. The van der Waals surface area contributed by atoms with Gasteiger partial charge < -0.3 is 10.7 Å². The number of hydrogen-bond acceptors (Lipinski definition) is 2. The van der Waals surface area contributed by atoms with E-state index in [0.29, 0.717) is 0 Å². The minimum absolute atomic E-state index is 0.160. The smallest absolute Gasteiger partial charge is 0.347 e. The van der Waals surface area contributed by atoms with Crippen LogP contribution >= 0.6 is 0 Å². The van der Waals surface area contributed by atoms with Gasteiger partial charge in [-0.15, -0.1) is 0 Å². The minimum atomic E-state index is -4.24. The molecule has 0 saturated heterocycles. The quantitative estimate of drug-likeness (QED) is 0.720. The van der Waals surface area contributed by atoms with Gasteiger partial charge in [-0.1, -0.05) is 0 Å². The van der Waals surface area contributed by atoms with Gasteiger partial charge in [0.05, 0.1) is 12.5 Å². The van der Waals surface area contributed by atoms with Crippen molar-refractivity contribution in [1.29, 1.82) is 0 Å². The number of H-pyrrole nitrogens is 1. The van der Waals surface area contributed by atoms with E-state index in [1.165, 1.54) is 12.4 Å². The molecule has 0 spiro atoms. The monoisotopic (exact) mass is 179 g/mol. The second-order valence-corrected chi connectivity index (χ2v) is 2.40. The molecule has 12 heavy (non-hydrogen) atoms. The van der Waals surface area contributed by atoms with Crippen LogP contribution in [0, 0.1) is 0 Å². The molecular weight excluding hydrogens is 171 g/mol. The summed E-state index contributed by atoms with van der Waals surface area (Å²) >= 11 is 0. The van der Waals surface area contributed by atoms with Crippen LogP contribution in [0.5, 0.6) is 0 Å². The van der Waals surface area contributed by atoms with Crippen LogP contribution in [0.15, 0.2) is 12.4 Å². The molecule has 0 aliphatic carbocycles. The lowest BCUT2D eigenvalue weighted by molar-refractivity contribution is -0.138. The Hall–Kier alpha value is -1.04. The van der Waals surface area contributed by atoms with Crippen molar-refractivity contribution in [2.75, 3.05) is 0 Å². The third-order valence-corrected chi connectivity index (χ3v) is 1.32. The Bertz CT molecular complexity index is 229. The molecule has 1 unspecified atom stereocenters. The summed E-state index contributed by atoms with van der Waals surface area (Å²) in [6.45, 7) is 0. The Labute approximate surface area is 66.8 Å². The Kier molecular flexibility index (Phi) is 2.37. The van der Waals surface area contributed by atoms with Crippen molar-refractivity contribution < 1.29 is 13.2 Å². The number of nitrogens with one attached hydrogen (secondary N) is 1. The van der Waals surface area contributed by atoms with Gasteiger partial charge in [-0.25, -0.2) is 4.98 Å². The number of rotatable bonds is 2. The van der Waals surface area contributed by atoms with Crippen LogP contribution in [0.1, 0.15) is 18.3 Å². The maximum absolute atomic E-state index is 11.8. The average molecular weight is 179 g/mol. The van der Waals surface area contributed by atoms with Crippen molar-refractivity contribution >= 4 is 0 Å². The fourth-order valence-corrected chi connectivity index (χ4v) is 0.826. The van der Waals surface area contributed by atoms with E-state index in [9.17, 15) is 13.2 Å². The standard InChI is InChI=1S/C6H8F3N3/c7-6(8,9)3-4(10)5-11-1-2-12-5/h1-2,4H,3,10H2,(H,11,12). The predicted molar refractivity (Wildman–Crippen MR) is 36.2 cm³/mol. The molecule has 1 atom stereocenters. The first kappa shape index (κ1) is 9.05. The first-order valence-electron chi connectivity index (χ1n) is 3.30. The van der Waals surface area contributed by atoms with E-state index in [1.54, 1.807) is 0 Å². The molecule has 3 N–H and O–H groups in total. The highest BCUT2D eigenvalue weighted by atomic mass is 19.4. The Balaban J connectivity index is 2.56. The van der Waals surface area contributed by atoms with Gasteiger partial charge in [-0.05, 0) is 0 Å². The van der Waals surface area contributed by atoms with Crippen molar-refractivity contribution in [3.8, 4) is 0 Å². The molecule has 0 aliphatic heterocycles. The number of nitrogens with zero attached hydrogens (tertiary/aromatic N) is 1. The third kappa shape index (κ3) is 2.54. The predicted octanol–water partition coefficient (Wildman–Crippen LogP) is 1.36. The largest absolute Gasteiger partial charge is 0.391 e. The van der Waals surface area contributed by atoms with E-state index < -0.39 is 18.6 Å². The summed E-state index contributed by atoms with van der Waals surface area (Å²) in [6, 6.07) is -1.10. The molecule has 1 aromatic rings. The van der Waals surface area contributed by atoms with Gasteiger partial charge >= 0.3 is 6.18 Å².